The van der Waals surface area contributed by atoms with Crippen LogP contribution in [0.2, 0.25) is 0 Å². The molecule has 2 amide bonds. The molecule has 0 saturated carbocycles. The molecule has 0 saturated heterocycles. The minimum Gasteiger partial charge on any atom is -0.486 e. The number of fused-ring (bicyclic) bond motifs is 1. The zero-order valence-electron chi connectivity index (χ0n) is 18.1. The Labute approximate surface area is 186 Å². The molecule has 0 spiro atoms. The number of hydrogen-bond donors (Lipinski definition) is 2. The lowest BCUT2D eigenvalue weighted by Gasteiger charge is -2.33. The van der Waals surface area contributed by atoms with E-state index in [2.05, 4.69) is 15.5 Å². The third-order valence-electron chi connectivity index (χ3n) is 5.33. The summed E-state index contributed by atoms with van der Waals surface area (Å²) in [6.07, 6.45) is 1.32. The number of furan rings is 1. The van der Waals surface area contributed by atoms with Crippen LogP contribution in [-0.4, -0.2) is 55.9 Å². The van der Waals surface area contributed by atoms with Gasteiger partial charge in [0.2, 0.25) is 0 Å². The van der Waals surface area contributed by atoms with E-state index in [9.17, 15) is 9.59 Å². The first-order chi connectivity index (χ1) is 15.6. The molecule has 0 radical (unpaired) electrons. The second-order valence-corrected chi connectivity index (χ2v) is 7.48. The fourth-order valence-electron chi connectivity index (χ4n) is 3.83. The van der Waals surface area contributed by atoms with Crippen molar-refractivity contribution >= 4 is 12.0 Å². The molecule has 1 aromatic heterocycles. The van der Waals surface area contributed by atoms with Crippen LogP contribution in [0.25, 0.3) is 0 Å². The number of nitrogens with zero attached hydrogens (tertiary/aromatic N) is 1. The molecule has 0 fully saturated rings. The predicted molar refractivity (Wildman–Crippen MR) is 115 cm³/mol. The van der Waals surface area contributed by atoms with E-state index in [0.29, 0.717) is 49.0 Å². The van der Waals surface area contributed by atoms with Gasteiger partial charge in [0.25, 0.3) is 0 Å². The van der Waals surface area contributed by atoms with Crippen molar-refractivity contribution in [3.8, 4) is 11.5 Å². The number of ether oxygens (including phenoxy) is 3. The minimum absolute atomic E-state index is 0.185. The molecule has 4 rings (SSSR count). The number of urea groups is 1. The van der Waals surface area contributed by atoms with Crippen LogP contribution < -0.4 is 20.1 Å². The molecule has 1 aromatic carbocycles. The highest BCUT2D eigenvalue weighted by molar-refractivity contribution is 5.95. The summed E-state index contributed by atoms with van der Waals surface area (Å²) in [5.41, 5.74) is 0.804. The number of para-hydroxylation sites is 2. The van der Waals surface area contributed by atoms with Crippen molar-refractivity contribution < 1.29 is 28.2 Å². The van der Waals surface area contributed by atoms with Crippen LogP contribution in [0.15, 0.2) is 58.3 Å². The molecule has 2 aromatic rings. The van der Waals surface area contributed by atoms with Gasteiger partial charge in [-0.25, -0.2) is 9.59 Å². The summed E-state index contributed by atoms with van der Waals surface area (Å²) in [5, 5.41) is 5.54. The van der Waals surface area contributed by atoms with Crippen LogP contribution >= 0.6 is 0 Å². The number of benzene rings is 1. The number of esters is 1. The Kier molecular flexibility index (Phi) is 6.65. The van der Waals surface area contributed by atoms with Gasteiger partial charge in [-0.15, -0.1) is 0 Å². The molecule has 0 unspecified atom stereocenters. The third kappa shape index (κ3) is 4.72. The first kappa shape index (κ1) is 21.8. The first-order valence-electron chi connectivity index (χ1n) is 10.7. The standard InChI is InChI=1S/C23H27N3O6/c1-3-26(12-15-14-31-17-8-5-6-9-18(17)32-15)13-16-20(22(27)29-4-2)21(25-23(28)24-16)19-10-7-11-30-19/h5-11,15,21H,3-4,12-14H2,1-2H3,(H2,24,25,28)/t15-,21+/m0/s1. The van der Waals surface area contributed by atoms with Crippen LogP contribution in [0.5, 0.6) is 11.5 Å². The summed E-state index contributed by atoms with van der Waals surface area (Å²) in [6, 6.07) is 9.85. The molecule has 2 N–H and O–H groups in total. The Morgan fingerprint density at radius 3 is 2.72 bits per heavy atom. The summed E-state index contributed by atoms with van der Waals surface area (Å²) in [4.78, 5) is 27.3. The Morgan fingerprint density at radius 2 is 2.00 bits per heavy atom. The number of carbonyl (C=O) groups is 2. The Hall–Kier alpha value is -3.46. The van der Waals surface area contributed by atoms with Crippen molar-refractivity contribution in [3.63, 3.8) is 0 Å². The van der Waals surface area contributed by atoms with E-state index >= 15 is 0 Å². The Balaban J connectivity index is 1.56. The van der Waals surface area contributed by atoms with E-state index in [4.69, 9.17) is 18.6 Å². The largest absolute Gasteiger partial charge is 0.486 e. The molecular formula is C23H27N3O6. The molecule has 2 atom stereocenters. The van der Waals surface area contributed by atoms with E-state index in [-0.39, 0.29) is 12.7 Å². The zero-order chi connectivity index (χ0) is 22.5. The van der Waals surface area contributed by atoms with Crippen LogP contribution in [-0.2, 0) is 9.53 Å². The SMILES string of the molecule is CCOC(=O)C1=C(CN(CC)C[C@H]2COc3ccccc3O2)NC(=O)N[C@@H]1c1ccco1. The van der Waals surface area contributed by atoms with Crippen molar-refractivity contribution in [2.24, 2.45) is 0 Å². The van der Waals surface area contributed by atoms with E-state index < -0.39 is 18.0 Å². The van der Waals surface area contributed by atoms with Gasteiger partial charge < -0.3 is 29.3 Å². The van der Waals surface area contributed by atoms with E-state index in [0.717, 1.165) is 5.75 Å². The van der Waals surface area contributed by atoms with Gasteiger partial charge in [0.05, 0.1) is 18.4 Å². The minimum atomic E-state index is -0.729. The Bertz CT molecular complexity index is 987. The van der Waals surface area contributed by atoms with Crippen molar-refractivity contribution in [2.75, 3.05) is 32.8 Å². The maximum atomic E-state index is 12.8. The van der Waals surface area contributed by atoms with Gasteiger partial charge >= 0.3 is 12.0 Å². The number of amides is 2. The zero-order valence-corrected chi connectivity index (χ0v) is 18.1. The number of likely N-dealkylation sites (N-methyl/N-ethyl adjacent to an activating group) is 1. The highest BCUT2D eigenvalue weighted by Crippen LogP contribution is 2.32. The van der Waals surface area contributed by atoms with E-state index in [1.165, 1.54) is 6.26 Å². The van der Waals surface area contributed by atoms with Crippen LogP contribution in [0.1, 0.15) is 25.6 Å². The van der Waals surface area contributed by atoms with Crippen LogP contribution in [0.4, 0.5) is 4.79 Å². The van der Waals surface area contributed by atoms with Crippen LogP contribution in [0, 0.1) is 0 Å². The molecule has 2 aliphatic rings. The molecule has 32 heavy (non-hydrogen) atoms. The topological polar surface area (TPSA) is 102 Å². The first-order valence-corrected chi connectivity index (χ1v) is 10.7. The highest BCUT2D eigenvalue weighted by Gasteiger charge is 2.36. The second kappa shape index (κ2) is 9.78. The van der Waals surface area contributed by atoms with Crippen molar-refractivity contribution in [2.45, 2.75) is 26.0 Å². The molecule has 170 valence electrons. The summed E-state index contributed by atoms with van der Waals surface area (Å²) < 4.78 is 22.7. The lowest BCUT2D eigenvalue weighted by atomic mass is 9.99. The number of carbonyl (C=O) groups excluding carboxylic acids is 2. The normalized spacial score (nSPS) is 20.0. The van der Waals surface area contributed by atoms with E-state index in [1.54, 1.807) is 19.1 Å². The number of hydrogen-bond acceptors (Lipinski definition) is 7. The smallest absolute Gasteiger partial charge is 0.338 e. The van der Waals surface area contributed by atoms with Crippen molar-refractivity contribution in [1.29, 1.82) is 0 Å². The fraction of sp³-hybridized carbons (Fsp3) is 0.391. The summed E-state index contributed by atoms with van der Waals surface area (Å²) in [5.74, 6) is 1.40. The summed E-state index contributed by atoms with van der Waals surface area (Å²) in [7, 11) is 0. The van der Waals surface area contributed by atoms with E-state index in [1.807, 2.05) is 31.2 Å². The number of rotatable bonds is 8. The molecule has 2 aliphatic heterocycles. The lowest BCUT2D eigenvalue weighted by molar-refractivity contribution is -0.139. The maximum absolute atomic E-state index is 12.8. The van der Waals surface area contributed by atoms with Crippen molar-refractivity contribution in [3.05, 3.63) is 59.7 Å². The summed E-state index contributed by atoms with van der Waals surface area (Å²) in [6.45, 7) is 5.95. The number of nitrogens with one attached hydrogen (secondary N) is 2. The summed E-state index contributed by atoms with van der Waals surface area (Å²) >= 11 is 0. The third-order valence-corrected chi connectivity index (χ3v) is 5.33. The quantitative estimate of drug-likeness (QED) is 0.607. The fourth-order valence-corrected chi connectivity index (χ4v) is 3.83. The Morgan fingerprint density at radius 1 is 1.19 bits per heavy atom. The molecule has 9 nitrogen and oxygen atoms in total. The van der Waals surface area contributed by atoms with Gasteiger partial charge in [0.1, 0.15) is 24.5 Å². The van der Waals surface area contributed by atoms with Gasteiger partial charge in [-0.1, -0.05) is 19.1 Å². The monoisotopic (exact) mass is 441 g/mol. The predicted octanol–water partition coefficient (Wildman–Crippen LogP) is 2.61. The average Bonchev–Trinajstić information content (AvgIpc) is 3.33. The van der Waals surface area contributed by atoms with Crippen molar-refractivity contribution in [1.82, 2.24) is 15.5 Å². The average molecular weight is 441 g/mol. The van der Waals surface area contributed by atoms with Crippen LogP contribution in [0.3, 0.4) is 0 Å². The lowest BCUT2D eigenvalue weighted by Crippen LogP contribution is -2.49. The van der Waals surface area contributed by atoms with Gasteiger partial charge in [-0.05, 0) is 37.7 Å². The molecule has 0 aliphatic carbocycles. The maximum Gasteiger partial charge on any atom is 0.338 e. The van der Waals surface area contributed by atoms with Gasteiger partial charge in [-0.3, -0.25) is 4.90 Å². The molecular weight excluding hydrogens is 414 g/mol. The highest BCUT2D eigenvalue weighted by atomic mass is 16.6. The molecule has 9 heteroatoms. The molecule has 0 bridgehead atoms. The molecule has 3 heterocycles. The van der Waals surface area contributed by atoms with Gasteiger partial charge in [0, 0.05) is 18.8 Å². The van der Waals surface area contributed by atoms with Gasteiger partial charge in [0.15, 0.2) is 11.5 Å². The second-order valence-electron chi connectivity index (χ2n) is 7.48. The van der Waals surface area contributed by atoms with Gasteiger partial charge in [-0.2, -0.15) is 0 Å².